The topological polar surface area (TPSA) is 78.7 Å². The van der Waals surface area contributed by atoms with E-state index >= 15 is 0 Å². The highest BCUT2D eigenvalue weighted by Gasteiger charge is 2.39. The SMILES string of the molecule is Cc1noc(C)c1C(=O)N1CC2CNC(CCCC(=O)N3CCCC3)C(C2)C1. The fourth-order valence-electron chi connectivity index (χ4n) is 5.22. The van der Waals surface area contributed by atoms with E-state index in [4.69, 9.17) is 4.52 Å². The zero-order chi connectivity index (χ0) is 19.7. The van der Waals surface area contributed by atoms with Crippen LogP contribution in [-0.4, -0.2) is 65.5 Å². The number of likely N-dealkylation sites (tertiary alicyclic amines) is 2. The first-order valence-corrected chi connectivity index (χ1v) is 10.8. The smallest absolute Gasteiger partial charge is 0.259 e. The van der Waals surface area contributed by atoms with E-state index in [2.05, 4.69) is 10.5 Å². The van der Waals surface area contributed by atoms with E-state index in [1.54, 1.807) is 6.92 Å². The third kappa shape index (κ3) is 3.95. The molecule has 28 heavy (non-hydrogen) atoms. The lowest BCUT2D eigenvalue weighted by Crippen LogP contribution is -2.57. The maximum Gasteiger partial charge on any atom is 0.259 e. The first-order chi connectivity index (χ1) is 13.5. The van der Waals surface area contributed by atoms with Crippen molar-refractivity contribution in [1.82, 2.24) is 20.3 Å². The summed E-state index contributed by atoms with van der Waals surface area (Å²) in [5, 5.41) is 7.63. The molecule has 2 bridgehead atoms. The Bertz CT molecular complexity index is 706. The molecule has 3 aliphatic heterocycles. The van der Waals surface area contributed by atoms with Gasteiger partial charge in [-0.1, -0.05) is 5.16 Å². The predicted molar refractivity (Wildman–Crippen MR) is 105 cm³/mol. The van der Waals surface area contributed by atoms with Gasteiger partial charge in [0.25, 0.3) is 5.91 Å². The molecule has 7 heteroatoms. The van der Waals surface area contributed by atoms with Crippen molar-refractivity contribution in [1.29, 1.82) is 0 Å². The molecule has 4 heterocycles. The van der Waals surface area contributed by atoms with Crippen molar-refractivity contribution in [2.45, 2.75) is 58.4 Å². The summed E-state index contributed by atoms with van der Waals surface area (Å²) in [6.07, 6.45) is 6.04. The Kier molecular flexibility index (Phi) is 5.71. The quantitative estimate of drug-likeness (QED) is 0.836. The van der Waals surface area contributed by atoms with Gasteiger partial charge in [0.15, 0.2) is 0 Å². The van der Waals surface area contributed by atoms with Crippen LogP contribution in [0.1, 0.15) is 60.3 Å². The second kappa shape index (κ2) is 8.23. The Hall–Kier alpha value is -1.89. The van der Waals surface area contributed by atoms with Crippen molar-refractivity contribution in [2.75, 3.05) is 32.7 Å². The first-order valence-electron chi connectivity index (χ1n) is 10.8. The van der Waals surface area contributed by atoms with Crippen molar-refractivity contribution >= 4 is 11.8 Å². The number of fused-ring (bicyclic) bond motifs is 2. The summed E-state index contributed by atoms with van der Waals surface area (Å²) in [5.41, 5.74) is 1.30. The van der Waals surface area contributed by atoms with Crippen LogP contribution in [0.2, 0.25) is 0 Å². The number of nitrogens with zero attached hydrogens (tertiary/aromatic N) is 3. The molecule has 2 amide bonds. The van der Waals surface area contributed by atoms with E-state index in [9.17, 15) is 9.59 Å². The van der Waals surface area contributed by atoms with Crippen LogP contribution in [0.5, 0.6) is 0 Å². The molecule has 3 saturated heterocycles. The number of hydrogen-bond acceptors (Lipinski definition) is 5. The molecule has 7 nitrogen and oxygen atoms in total. The number of piperidine rings is 2. The largest absolute Gasteiger partial charge is 0.361 e. The lowest BCUT2D eigenvalue weighted by atomic mass is 9.78. The van der Waals surface area contributed by atoms with E-state index in [0.29, 0.717) is 47.2 Å². The molecule has 4 rings (SSSR count). The summed E-state index contributed by atoms with van der Waals surface area (Å²) in [7, 11) is 0. The minimum atomic E-state index is 0.0517. The number of carbonyl (C=O) groups excluding carboxylic acids is 2. The minimum absolute atomic E-state index is 0.0517. The van der Waals surface area contributed by atoms with Gasteiger partial charge in [-0.25, -0.2) is 0 Å². The normalized spacial score (nSPS) is 27.3. The molecule has 0 radical (unpaired) electrons. The second-order valence-corrected chi connectivity index (χ2v) is 8.77. The zero-order valence-electron chi connectivity index (χ0n) is 17.1. The highest BCUT2D eigenvalue weighted by atomic mass is 16.5. The molecule has 1 aromatic rings. The summed E-state index contributed by atoms with van der Waals surface area (Å²) in [6.45, 7) is 8.03. The Labute approximate surface area is 166 Å². The van der Waals surface area contributed by atoms with Gasteiger partial charge in [-0.05, 0) is 64.3 Å². The molecule has 1 aromatic heterocycles. The van der Waals surface area contributed by atoms with Crippen molar-refractivity contribution < 1.29 is 14.1 Å². The third-order valence-corrected chi connectivity index (χ3v) is 6.71. The maximum absolute atomic E-state index is 13.0. The van der Waals surface area contributed by atoms with Gasteiger partial charge in [-0.3, -0.25) is 9.59 Å². The van der Waals surface area contributed by atoms with Gasteiger partial charge in [0, 0.05) is 38.6 Å². The first kappa shape index (κ1) is 19.4. The van der Waals surface area contributed by atoms with E-state index in [-0.39, 0.29) is 5.91 Å². The number of nitrogens with one attached hydrogen (secondary N) is 1. The summed E-state index contributed by atoms with van der Waals surface area (Å²) in [4.78, 5) is 29.3. The van der Waals surface area contributed by atoms with Crippen LogP contribution in [-0.2, 0) is 4.79 Å². The Morgan fingerprint density at radius 1 is 1.18 bits per heavy atom. The van der Waals surface area contributed by atoms with E-state index in [1.165, 1.54) is 6.42 Å². The molecule has 0 aromatic carbocycles. The van der Waals surface area contributed by atoms with E-state index < -0.39 is 0 Å². The molecular weight excluding hydrogens is 356 g/mol. The Morgan fingerprint density at radius 3 is 2.68 bits per heavy atom. The van der Waals surface area contributed by atoms with Crippen molar-refractivity contribution in [3.05, 3.63) is 17.0 Å². The third-order valence-electron chi connectivity index (χ3n) is 6.71. The average molecular weight is 389 g/mol. The maximum atomic E-state index is 13.0. The number of hydrogen-bond donors (Lipinski definition) is 1. The van der Waals surface area contributed by atoms with Crippen LogP contribution in [0, 0.1) is 25.7 Å². The highest BCUT2D eigenvalue weighted by molar-refractivity contribution is 5.96. The average Bonchev–Trinajstić information content (AvgIpc) is 3.33. The van der Waals surface area contributed by atoms with Crippen LogP contribution in [0.3, 0.4) is 0 Å². The van der Waals surface area contributed by atoms with Crippen molar-refractivity contribution in [2.24, 2.45) is 11.8 Å². The molecule has 0 aliphatic carbocycles. The molecule has 3 unspecified atom stereocenters. The number of aromatic nitrogens is 1. The molecule has 3 fully saturated rings. The van der Waals surface area contributed by atoms with Gasteiger partial charge in [0.2, 0.25) is 5.91 Å². The molecule has 3 aliphatic rings. The predicted octanol–water partition coefficient (Wildman–Crippen LogP) is 2.13. The van der Waals surface area contributed by atoms with E-state index in [0.717, 1.165) is 58.4 Å². The number of carbonyl (C=O) groups is 2. The van der Waals surface area contributed by atoms with Crippen molar-refractivity contribution in [3.8, 4) is 0 Å². The summed E-state index contributed by atoms with van der Waals surface area (Å²) in [6, 6.07) is 0.392. The van der Waals surface area contributed by atoms with Gasteiger partial charge < -0.3 is 19.6 Å². The molecule has 1 N–H and O–H groups in total. The lowest BCUT2D eigenvalue weighted by molar-refractivity contribution is -0.130. The molecule has 0 spiro atoms. The van der Waals surface area contributed by atoms with Gasteiger partial charge >= 0.3 is 0 Å². The summed E-state index contributed by atoms with van der Waals surface area (Å²) >= 11 is 0. The van der Waals surface area contributed by atoms with E-state index in [1.807, 2.05) is 16.7 Å². The molecular formula is C21H32N4O3. The van der Waals surface area contributed by atoms with Gasteiger partial charge in [-0.2, -0.15) is 0 Å². The van der Waals surface area contributed by atoms with Crippen LogP contribution in [0.15, 0.2) is 4.52 Å². The second-order valence-electron chi connectivity index (χ2n) is 8.77. The van der Waals surface area contributed by atoms with Crippen LogP contribution in [0.4, 0.5) is 0 Å². The number of amides is 2. The lowest BCUT2D eigenvalue weighted by Gasteiger charge is -2.46. The Balaban J connectivity index is 1.32. The minimum Gasteiger partial charge on any atom is -0.361 e. The zero-order valence-corrected chi connectivity index (χ0v) is 17.1. The molecule has 154 valence electrons. The standard InChI is InChI=1S/C21H32N4O3/c1-14-20(15(2)28-23-14)21(27)25-12-16-10-17(13-25)18(22-11-16)6-5-7-19(26)24-8-3-4-9-24/h16-18,22H,3-13H2,1-2H3. The molecule has 3 atom stereocenters. The van der Waals surface area contributed by atoms with Crippen molar-refractivity contribution in [3.63, 3.8) is 0 Å². The number of aryl methyl sites for hydroxylation is 2. The summed E-state index contributed by atoms with van der Waals surface area (Å²) in [5.74, 6) is 1.93. The fraction of sp³-hybridized carbons (Fsp3) is 0.762. The van der Waals surface area contributed by atoms with Gasteiger partial charge in [0.05, 0.1) is 5.69 Å². The highest BCUT2D eigenvalue weighted by Crippen LogP contribution is 2.32. The summed E-state index contributed by atoms with van der Waals surface area (Å²) < 4.78 is 5.19. The monoisotopic (exact) mass is 388 g/mol. The number of rotatable bonds is 5. The van der Waals surface area contributed by atoms with Gasteiger partial charge in [-0.15, -0.1) is 0 Å². The Morgan fingerprint density at radius 2 is 1.96 bits per heavy atom. The van der Waals surface area contributed by atoms with Crippen LogP contribution < -0.4 is 5.32 Å². The van der Waals surface area contributed by atoms with Crippen LogP contribution in [0.25, 0.3) is 0 Å². The van der Waals surface area contributed by atoms with Gasteiger partial charge in [0.1, 0.15) is 11.3 Å². The molecule has 0 saturated carbocycles. The van der Waals surface area contributed by atoms with Crippen LogP contribution >= 0.6 is 0 Å². The fourth-order valence-corrected chi connectivity index (χ4v) is 5.22.